The van der Waals surface area contributed by atoms with E-state index < -0.39 is 90.8 Å². The molecule has 8 amide bonds. The second-order valence-corrected chi connectivity index (χ2v) is 22.8. The second-order valence-electron chi connectivity index (χ2n) is 22.8. The van der Waals surface area contributed by atoms with E-state index in [1.165, 1.54) is 42.2 Å². The molecule has 4 heterocycles. The van der Waals surface area contributed by atoms with Crippen molar-refractivity contribution >= 4 is 58.6 Å². The molecule has 0 spiro atoms. The lowest BCUT2D eigenvalue weighted by Gasteiger charge is -2.32. The number of azide groups is 2. The Morgan fingerprint density at radius 2 is 1.07 bits per heavy atom. The van der Waals surface area contributed by atoms with Crippen molar-refractivity contribution in [3.63, 3.8) is 0 Å². The van der Waals surface area contributed by atoms with Gasteiger partial charge in [-0.25, -0.2) is 0 Å². The summed E-state index contributed by atoms with van der Waals surface area (Å²) in [4.78, 5) is 121. The highest BCUT2D eigenvalue weighted by molar-refractivity contribution is 6.09. The van der Waals surface area contributed by atoms with Crippen molar-refractivity contribution in [2.45, 2.75) is 103 Å². The number of nitrogens with one attached hydrogen (secondary N) is 4. The fraction of sp³-hybridized carbons (Fsp3) is 0.607. The zero-order valence-corrected chi connectivity index (χ0v) is 53.2. The Balaban J connectivity index is 1.07. The number of fused-ring (bicyclic) bond motifs is 4. The summed E-state index contributed by atoms with van der Waals surface area (Å²) < 4.78 is 45.4. The molecule has 92 heavy (non-hydrogen) atoms. The number of ether oxygens (including phenoxy) is 8. The lowest BCUT2D eigenvalue weighted by molar-refractivity contribution is -0.131. The monoisotopic (exact) mass is 1290 g/mol. The molecule has 5 atom stereocenters. The van der Waals surface area contributed by atoms with Gasteiger partial charge in [0.1, 0.15) is 12.1 Å². The molecule has 0 saturated carbocycles. The fourth-order valence-electron chi connectivity index (χ4n) is 10.8. The SMILES string of the molecule is C=C1C[C@H]2CN(C(=O)CNC(=O)C(NC(=O)CCOCCOCCN=[N+]=[N-])C(C)C)c3cc(OCCCCCOc4cc5c(cc4OC)C(=O)N4CC(=C)C[C@H]4[C@H](O)N5C(=O)CNC(=O)[C@@H](NC(=O)CCOCCOCCN=[N+]=[N-])C(C)C)c(OC)cc3C(=O)N2C1. The fourth-order valence-corrected chi connectivity index (χ4v) is 10.8. The number of nitrogens with zero attached hydrogens (tertiary/aromatic N) is 10. The van der Waals surface area contributed by atoms with E-state index in [9.17, 15) is 43.5 Å². The molecule has 0 bridgehead atoms. The normalized spacial score (nSPS) is 17.2. The van der Waals surface area contributed by atoms with E-state index in [0.29, 0.717) is 37.8 Å². The van der Waals surface area contributed by atoms with E-state index in [1.54, 1.807) is 38.7 Å². The van der Waals surface area contributed by atoms with Crippen LogP contribution in [0.2, 0.25) is 0 Å². The summed E-state index contributed by atoms with van der Waals surface area (Å²) >= 11 is 0. The molecule has 0 radical (unpaired) electrons. The van der Waals surface area contributed by atoms with Gasteiger partial charge in [-0.1, -0.05) is 62.2 Å². The van der Waals surface area contributed by atoms with Crippen molar-refractivity contribution < 1.29 is 81.4 Å². The molecule has 0 aliphatic carbocycles. The van der Waals surface area contributed by atoms with Crippen LogP contribution in [0.5, 0.6) is 23.0 Å². The molecule has 2 aromatic rings. The molecular formula is C61H86N14O17. The number of carbonyl (C=O) groups excluding carboxylic acids is 8. The van der Waals surface area contributed by atoms with Crippen LogP contribution in [0.1, 0.15) is 93.4 Å². The van der Waals surface area contributed by atoms with Crippen LogP contribution in [-0.2, 0) is 47.7 Å². The summed E-state index contributed by atoms with van der Waals surface area (Å²) in [5, 5.41) is 29.5. The second kappa shape index (κ2) is 36.4. The van der Waals surface area contributed by atoms with Crippen LogP contribution < -0.4 is 50.0 Å². The number of anilines is 2. The number of hydrogen-bond donors (Lipinski definition) is 5. The predicted molar refractivity (Wildman–Crippen MR) is 334 cm³/mol. The molecule has 2 saturated heterocycles. The number of unbranched alkanes of at least 4 members (excludes halogenated alkanes) is 2. The highest BCUT2D eigenvalue weighted by atomic mass is 16.5. The van der Waals surface area contributed by atoms with Gasteiger partial charge in [0.2, 0.25) is 35.4 Å². The average Bonchev–Trinajstić information content (AvgIpc) is 1.58. The maximum atomic E-state index is 14.4. The first-order valence-electron chi connectivity index (χ1n) is 30.6. The zero-order valence-electron chi connectivity index (χ0n) is 53.2. The molecule has 2 fully saturated rings. The maximum Gasteiger partial charge on any atom is 0.256 e. The molecule has 4 aliphatic rings. The molecule has 6 rings (SSSR count). The third kappa shape index (κ3) is 20.1. The van der Waals surface area contributed by atoms with Gasteiger partial charge in [-0.3, -0.25) is 43.3 Å². The number of aliphatic hydroxyl groups is 1. The maximum absolute atomic E-state index is 14.4. The number of aliphatic hydroxyl groups excluding tert-OH is 1. The van der Waals surface area contributed by atoms with Crippen molar-refractivity contribution in [2.24, 2.45) is 22.1 Å². The number of hydrogen-bond acceptors (Lipinski definition) is 19. The highest BCUT2D eigenvalue weighted by Gasteiger charge is 2.46. The van der Waals surface area contributed by atoms with Gasteiger partial charge in [0.05, 0.1) is 128 Å². The van der Waals surface area contributed by atoms with Gasteiger partial charge >= 0.3 is 0 Å². The van der Waals surface area contributed by atoms with E-state index in [1.807, 2.05) is 0 Å². The molecule has 0 aromatic heterocycles. The van der Waals surface area contributed by atoms with E-state index in [0.717, 1.165) is 10.5 Å². The van der Waals surface area contributed by atoms with E-state index in [4.69, 9.17) is 49.0 Å². The molecule has 4 aliphatic heterocycles. The lowest BCUT2D eigenvalue weighted by atomic mass is 10.0. The first-order valence-corrected chi connectivity index (χ1v) is 30.6. The molecule has 31 heteroatoms. The van der Waals surface area contributed by atoms with E-state index in [-0.39, 0.29) is 169 Å². The highest BCUT2D eigenvalue weighted by Crippen LogP contribution is 2.43. The van der Waals surface area contributed by atoms with Crippen LogP contribution in [0.3, 0.4) is 0 Å². The molecule has 2 aromatic carbocycles. The van der Waals surface area contributed by atoms with Gasteiger partial charge in [-0.15, -0.1) is 0 Å². The van der Waals surface area contributed by atoms with Crippen molar-refractivity contribution in [3.8, 4) is 23.0 Å². The van der Waals surface area contributed by atoms with E-state index >= 15 is 0 Å². The van der Waals surface area contributed by atoms with Gasteiger partial charge in [0.15, 0.2) is 29.2 Å². The Bertz CT molecular complexity index is 3080. The Labute approximate surface area is 533 Å². The Hall–Kier alpha value is -8.70. The smallest absolute Gasteiger partial charge is 0.256 e. The van der Waals surface area contributed by atoms with Crippen LogP contribution >= 0.6 is 0 Å². The quantitative estimate of drug-likeness (QED) is 0.0209. The Kier molecular flexibility index (Phi) is 28.6. The topological polar surface area (TPSA) is 389 Å². The number of amides is 8. The molecule has 502 valence electrons. The Morgan fingerprint density at radius 3 is 1.57 bits per heavy atom. The minimum atomic E-state index is -1.57. The van der Waals surface area contributed by atoms with Crippen LogP contribution in [-0.4, -0.2) is 219 Å². The van der Waals surface area contributed by atoms with Crippen LogP contribution in [0.15, 0.2) is 58.8 Å². The van der Waals surface area contributed by atoms with Crippen LogP contribution in [0.25, 0.3) is 20.9 Å². The summed E-state index contributed by atoms with van der Waals surface area (Å²) in [5.41, 5.74) is 18.7. The molecule has 31 nitrogen and oxygen atoms in total. The van der Waals surface area contributed by atoms with Gasteiger partial charge < -0.3 is 79.0 Å². The minimum Gasteiger partial charge on any atom is -0.493 e. The van der Waals surface area contributed by atoms with E-state index in [2.05, 4.69) is 54.5 Å². The number of benzene rings is 2. The molecular weight excluding hydrogens is 1200 g/mol. The minimum absolute atomic E-state index is 0.0216. The standard InChI is InChI=1S/C61H86N14O17/c1-37(2)55(68-51(76)12-18-87-22-24-89-20-14-66-70-62)57(80)64-32-53(78)73-36-41-26-39(5)34-72(41)59(82)42-28-47(85-7)49(30-44(42)73)91-16-10-9-11-17-92-50-31-45-43(29-48(50)86-8)60(83)74-35-40(6)27-46(74)61(84)75(45)54(79)33-65-58(81)56(38(3)4)69-52(77)13-19-88-23-25-90-21-15-67-71-63/h28-31,37-38,41,46,55-56,61,84H,5-6,9-27,32-36H2,1-4,7-8H3,(H,64,80)(H,65,81)(H,68,76)(H,69,77)/t41-,46-,55?,56-,61-/m0/s1. The van der Waals surface area contributed by atoms with Crippen LogP contribution in [0.4, 0.5) is 11.4 Å². The van der Waals surface area contributed by atoms with Gasteiger partial charge in [-0.2, -0.15) is 0 Å². The number of carbonyl (C=O) groups is 8. The summed E-state index contributed by atoms with van der Waals surface area (Å²) in [6, 6.07) is 2.72. The largest absolute Gasteiger partial charge is 0.493 e. The number of methoxy groups -OCH3 is 2. The van der Waals surface area contributed by atoms with Crippen LogP contribution in [0, 0.1) is 11.8 Å². The lowest BCUT2D eigenvalue weighted by Crippen LogP contribution is -2.55. The summed E-state index contributed by atoms with van der Waals surface area (Å²) in [6.45, 7) is 16.7. The average molecular weight is 1290 g/mol. The summed E-state index contributed by atoms with van der Waals surface area (Å²) in [6.07, 6.45) is 0.542. The van der Waals surface area contributed by atoms with Crippen molar-refractivity contribution in [1.29, 1.82) is 0 Å². The molecule has 1 unspecified atom stereocenters. The first-order chi connectivity index (χ1) is 44.2. The predicted octanol–water partition coefficient (Wildman–Crippen LogP) is 3.87. The summed E-state index contributed by atoms with van der Waals surface area (Å²) in [5.74, 6) is -4.13. The van der Waals surface area contributed by atoms with Crippen molar-refractivity contribution in [2.75, 3.05) is 136 Å². The third-order valence-corrected chi connectivity index (χ3v) is 15.5. The van der Waals surface area contributed by atoms with Gasteiger partial charge in [0, 0.05) is 67.5 Å². The van der Waals surface area contributed by atoms with Crippen molar-refractivity contribution in [3.05, 3.63) is 80.6 Å². The zero-order chi connectivity index (χ0) is 66.9. The first kappa shape index (κ1) is 72.4. The summed E-state index contributed by atoms with van der Waals surface area (Å²) in [7, 11) is 2.84. The molecule has 5 N–H and O–H groups in total. The van der Waals surface area contributed by atoms with Gasteiger partial charge in [0.25, 0.3) is 11.8 Å². The van der Waals surface area contributed by atoms with Gasteiger partial charge in [-0.05, 0) is 67.1 Å². The third-order valence-electron chi connectivity index (χ3n) is 15.5. The number of rotatable bonds is 38. The van der Waals surface area contributed by atoms with Crippen molar-refractivity contribution in [1.82, 2.24) is 31.1 Å². The Morgan fingerprint density at radius 1 is 0.609 bits per heavy atom.